The van der Waals surface area contributed by atoms with Gasteiger partial charge in [-0.3, -0.25) is 5.84 Å². The summed E-state index contributed by atoms with van der Waals surface area (Å²) in [4.78, 5) is 2.53. The van der Waals surface area contributed by atoms with Gasteiger partial charge in [0.2, 0.25) is 0 Å². The molecule has 3 N–H and O–H groups in total. The minimum Gasteiger partial charge on any atom is -0.324 e. The summed E-state index contributed by atoms with van der Waals surface area (Å²) in [7, 11) is 0. The van der Waals surface area contributed by atoms with Crippen LogP contribution in [-0.2, 0) is 0 Å². The molecule has 1 heterocycles. The van der Waals surface area contributed by atoms with Crippen LogP contribution in [0, 0.1) is 6.92 Å². The first-order valence-corrected chi connectivity index (χ1v) is 6.54. The van der Waals surface area contributed by atoms with Crippen molar-refractivity contribution in [3.8, 4) is 0 Å². The summed E-state index contributed by atoms with van der Waals surface area (Å²) in [6, 6.07) is 6.45. The molecule has 1 aromatic carbocycles. The standard InChI is InChI=1S/C14H23N3/c1-3-17-8-6-12(7-9-17)14-5-4-13(16-15)10-11(14)2/h4-5,10,12,16H,3,6-9,15H2,1-2H3. The van der Waals surface area contributed by atoms with E-state index in [9.17, 15) is 0 Å². The topological polar surface area (TPSA) is 41.3 Å². The van der Waals surface area contributed by atoms with Gasteiger partial charge in [0, 0.05) is 5.69 Å². The van der Waals surface area contributed by atoms with E-state index in [1.165, 1.54) is 43.6 Å². The van der Waals surface area contributed by atoms with Crippen molar-refractivity contribution in [1.82, 2.24) is 4.90 Å². The maximum atomic E-state index is 5.43. The van der Waals surface area contributed by atoms with Gasteiger partial charge in [0.05, 0.1) is 0 Å². The van der Waals surface area contributed by atoms with Crippen LogP contribution in [0.4, 0.5) is 5.69 Å². The minimum atomic E-state index is 0.727. The molecule has 17 heavy (non-hydrogen) atoms. The molecular weight excluding hydrogens is 210 g/mol. The predicted octanol–water partition coefficient (Wildman–Crippen LogP) is 2.48. The monoisotopic (exact) mass is 233 g/mol. The molecule has 0 unspecified atom stereocenters. The van der Waals surface area contributed by atoms with E-state index in [1.807, 2.05) is 0 Å². The Balaban J connectivity index is 2.08. The Morgan fingerprint density at radius 2 is 2.06 bits per heavy atom. The van der Waals surface area contributed by atoms with Gasteiger partial charge in [-0.15, -0.1) is 0 Å². The fourth-order valence-electron chi connectivity index (χ4n) is 2.78. The highest BCUT2D eigenvalue weighted by Gasteiger charge is 2.20. The van der Waals surface area contributed by atoms with Crippen molar-refractivity contribution < 1.29 is 0 Å². The number of nitrogens with two attached hydrogens (primary N) is 1. The molecule has 3 heteroatoms. The summed E-state index contributed by atoms with van der Waals surface area (Å²) in [5.41, 5.74) is 6.56. The molecule has 0 bridgehead atoms. The van der Waals surface area contributed by atoms with E-state index in [4.69, 9.17) is 5.84 Å². The third-order valence-electron chi connectivity index (χ3n) is 3.91. The Bertz CT molecular complexity index is 368. The predicted molar refractivity (Wildman–Crippen MR) is 73.1 cm³/mol. The van der Waals surface area contributed by atoms with Gasteiger partial charge in [0.1, 0.15) is 0 Å². The lowest BCUT2D eigenvalue weighted by atomic mass is 9.86. The molecular formula is C14H23N3. The van der Waals surface area contributed by atoms with Gasteiger partial charge in [-0.2, -0.15) is 0 Å². The van der Waals surface area contributed by atoms with Gasteiger partial charge < -0.3 is 10.3 Å². The van der Waals surface area contributed by atoms with Crippen LogP contribution in [0.1, 0.15) is 36.8 Å². The number of likely N-dealkylation sites (tertiary alicyclic amines) is 1. The van der Waals surface area contributed by atoms with E-state index in [-0.39, 0.29) is 0 Å². The van der Waals surface area contributed by atoms with E-state index in [2.05, 4.69) is 42.4 Å². The van der Waals surface area contributed by atoms with Crippen LogP contribution < -0.4 is 11.3 Å². The number of nitrogens with one attached hydrogen (secondary N) is 1. The number of hydrazine groups is 1. The summed E-state index contributed by atoms with van der Waals surface area (Å²) in [6.07, 6.45) is 2.56. The van der Waals surface area contributed by atoms with Crippen molar-refractivity contribution in [3.63, 3.8) is 0 Å². The van der Waals surface area contributed by atoms with Crippen LogP contribution in [0.15, 0.2) is 18.2 Å². The SMILES string of the molecule is CCN1CCC(c2ccc(NN)cc2C)CC1. The zero-order valence-electron chi connectivity index (χ0n) is 10.9. The van der Waals surface area contributed by atoms with Crippen LogP contribution >= 0.6 is 0 Å². The van der Waals surface area contributed by atoms with Gasteiger partial charge in [-0.1, -0.05) is 13.0 Å². The number of aryl methyl sites for hydroxylation is 1. The largest absolute Gasteiger partial charge is 0.324 e. The molecule has 1 saturated heterocycles. The average Bonchev–Trinajstić information content (AvgIpc) is 2.39. The Hall–Kier alpha value is -1.06. The van der Waals surface area contributed by atoms with Gasteiger partial charge >= 0.3 is 0 Å². The van der Waals surface area contributed by atoms with Crippen LogP contribution in [0.3, 0.4) is 0 Å². The van der Waals surface area contributed by atoms with Crippen molar-refractivity contribution in [2.24, 2.45) is 5.84 Å². The molecule has 0 saturated carbocycles. The maximum Gasteiger partial charge on any atom is 0.0487 e. The first-order valence-electron chi connectivity index (χ1n) is 6.54. The van der Waals surface area contributed by atoms with E-state index in [1.54, 1.807) is 0 Å². The molecule has 0 spiro atoms. The summed E-state index contributed by atoms with van der Waals surface area (Å²) in [6.45, 7) is 8.08. The Labute approximate surface area is 104 Å². The van der Waals surface area contributed by atoms with Gasteiger partial charge in [0.25, 0.3) is 0 Å². The molecule has 1 aromatic rings. The number of nitrogen functional groups attached to an aromatic ring is 1. The summed E-state index contributed by atoms with van der Waals surface area (Å²) in [5, 5.41) is 0. The second kappa shape index (κ2) is 5.52. The quantitative estimate of drug-likeness (QED) is 0.622. The van der Waals surface area contributed by atoms with Gasteiger partial charge in [0.15, 0.2) is 0 Å². The molecule has 1 aliphatic heterocycles. The zero-order valence-corrected chi connectivity index (χ0v) is 10.9. The molecule has 0 aliphatic carbocycles. The van der Waals surface area contributed by atoms with Crippen molar-refractivity contribution in [2.75, 3.05) is 25.1 Å². The number of hydrogen-bond acceptors (Lipinski definition) is 3. The fourth-order valence-corrected chi connectivity index (χ4v) is 2.78. The van der Waals surface area contributed by atoms with Crippen molar-refractivity contribution in [1.29, 1.82) is 0 Å². The van der Waals surface area contributed by atoms with Crippen LogP contribution in [0.5, 0.6) is 0 Å². The van der Waals surface area contributed by atoms with Crippen molar-refractivity contribution in [3.05, 3.63) is 29.3 Å². The summed E-state index contributed by atoms with van der Waals surface area (Å²) < 4.78 is 0. The molecule has 0 atom stereocenters. The number of benzene rings is 1. The minimum absolute atomic E-state index is 0.727. The highest BCUT2D eigenvalue weighted by Crippen LogP contribution is 2.31. The molecule has 1 fully saturated rings. The average molecular weight is 233 g/mol. The van der Waals surface area contributed by atoms with E-state index >= 15 is 0 Å². The lowest BCUT2D eigenvalue weighted by Gasteiger charge is -2.32. The molecule has 0 aromatic heterocycles. The molecule has 3 nitrogen and oxygen atoms in total. The number of nitrogens with zero attached hydrogens (tertiary/aromatic N) is 1. The Morgan fingerprint density at radius 3 is 2.59 bits per heavy atom. The third kappa shape index (κ3) is 2.79. The smallest absolute Gasteiger partial charge is 0.0487 e. The molecule has 1 aliphatic rings. The summed E-state index contributed by atoms with van der Waals surface area (Å²) in [5.74, 6) is 6.15. The van der Waals surface area contributed by atoms with Crippen LogP contribution in [0.25, 0.3) is 0 Å². The Morgan fingerprint density at radius 1 is 1.35 bits per heavy atom. The van der Waals surface area contributed by atoms with E-state index < -0.39 is 0 Å². The molecule has 94 valence electrons. The summed E-state index contributed by atoms with van der Waals surface area (Å²) >= 11 is 0. The molecule has 2 rings (SSSR count). The van der Waals surface area contributed by atoms with Crippen molar-refractivity contribution in [2.45, 2.75) is 32.6 Å². The third-order valence-corrected chi connectivity index (χ3v) is 3.91. The highest BCUT2D eigenvalue weighted by molar-refractivity contribution is 5.48. The normalized spacial score (nSPS) is 18.3. The number of anilines is 1. The lowest BCUT2D eigenvalue weighted by molar-refractivity contribution is 0.222. The first kappa shape index (κ1) is 12.4. The highest BCUT2D eigenvalue weighted by atomic mass is 15.2. The van der Waals surface area contributed by atoms with Crippen LogP contribution in [0.2, 0.25) is 0 Å². The van der Waals surface area contributed by atoms with Gasteiger partial charge in [-0.25, -0.2) is 0 Å². The molecule has 0 amide bonds. The van der Waals surface area contributed by atoms with Gasteiger partial charge in [-0.05, 0) is 68.6 Å². The number of piperidine rings is 1. The first-order chi connectivity index (χ1) is 8.24. The fraction of sp³-hybridized carbons (Fsp3) is 0.571. The number of hydrogen-bond donors (Lipinski definition) is 2. The second-order valence-corrected chi connectivity index (χ2v) is 4.92. The Kier molecular flexibility index (Phi) is 4.02. The zero-order chi connectivity index (χ0) is 12.3. The molecule has 0 radical (unpaired) electrons. The van der Waals surface area contributed by atoms with Crippen molar-refractivity contribution >= 4 is 5.69 Å². The van der Waals surface area contributed by atoms with E-state index in [0.717, 1.165) is 11.6 Å². The second-order valence-electron chi connectivity index (χ2n) is 4.92. The lowest BCUT2D eigenvalue weighted by Crippen LogP contribution is -2.32. The van der Waals surface area contributed by atoms with E-state index in [0.29, 0.717) is 0 Å². The number of rotatable bonds is 3. The maximum absolute atomic E-state index is 5.43. The van der Waals surface area contributed by atoms with Crippen LogP contribution in [-0.4, -0.2) is 24.5 Å².